The number of hydrogen-bond donors (Lipinski definition) is 0. The molecule has 0 saturated carbocycles. The molecular formula is C6H14Si. The van der Waals surface area contributed by atoms with Crippen LogP contribution in [0.15, 0.2) is 0 Å². The van der Waals surface area contributed by atoms with E-state index in [1.807, 2.05) is 0 Å². The van der Waals surface area contributed by atoms with Crippen LogP contribution in [0.2, 0.25) is 24.7 Å². The van der Waals surface area contributed by atoms with E-state index in [9.17, 15) is 0 Å². The second kappa shape index (κ2) is 1.34. The van der Waals surface area contributed by atoms with E-state index in [2.05, 4.69) is 20.0 Å². The molecule has 1 aliphatic heterocycles. The Morgan fingerprint density at radius 1 is 1.43 bits per heavy atom. The second-order valence-electron chi connectivity index (χ2n) is 3.43. The smallest absolute Gasteiger partial charge is 0.0502 e. The van der Waals surface area contributed by atoms with Crippen LogP contribution in [0.4, 0.5) is 0 Å². The fraction of sp³-hybridized carbons (Fsp3) is 1.00. The van der Waals surface area contributed by atoms with Gasteiger partial charge < -0.3 is 0 Å². The summed E-state index contributed by atoms with van der Waals surface area (Å²) in [6, 6.07) is 1.58. The van der Waals surface area contributed by atoms with Crippen LogP contribution in [0.25, 0.3) is 0 Å². The third-order valence-electron chi connectivity index (χ3n) is 2.56. The van der Waals surface area contributed by atoms with Crippen molar-refractivity contribution in [2.45, 2.75) is 38.0 Å². The van der Waals surface area contributed by atoms with Crippen LogP contribution >= 0.6 is 0 Å². The first-order chi connectivity index (χ1) is 3.13. The molecule has 1 heterocycles. The highest BCUT2D eigenvalue weighted by atomic mass is 28.3. The molecular weight excluding hydrogens is 100 g/mol. The molecule has 1 atom stereocenters. The largest absolute Gasteiger partial charge is 0.0692 e. The highest BCUT2D eigenvalue weighted by Crippen LogP contribution is 2.41. The SMILES string of the molecule is CC1CC[Si]1(C)C. The van der Waals surface area contributed by atoms with Gasteiger partial charge in [0, 0.05) is 0 Å². The summed E-state index contributed by atoms with van der Waals surface area (Å²) in [5.74, 6) is 0. The van der Waals surface area contributed by atoms with Gasteiger partial charge in [0.25, 0.3) is 0 Å². The van der Waals surface area contributed by atoms with Crippen LogP contribution in [-0.4, -0.2) is 8.07 Å². The highest BCUT2D eigenvalue weighted by Gasteiger charge is 2.36. The minimum atomic E-state index is -0.554. The summed E-state index contributed by atoms with van der Waals surface area (Å²) in [6.07, 6.45) is 1.51. The molecule has 1 rings (SSSR count). The topological polar surface area (TPSA) is 0 Å². The lowest BCUT2D eigenvalue weighted by atomic mass is 10.3. The van der Waals surface area contributed by atoms with Gasteiger partial charge in [-0.05, 0) is 5.54 Å². The summed E-state index contributed by atoms with van der Waals surface area (Å²) in [4.78, 5) is 0. The Bertz CT molecular complexity index is 76.2. The van der Waals surface area contributed by atoms with Gasteiger partial charge in [0.15, 0.2) is 0 Å². The predicted molar refractivity (Wildman–Crippen MR) is 36.3 cm³/mol. The fourth-order valence-corrected chi connectivity index (χ4v) is 3.03. The van der Waals surface area contributed by atoms with Crippen molar-refractivity contribution < 1.29 is 0 Å². The second-order valence-corrected chi connectivity index (χ2v) is 8.89. The molecule has 0 aliphatic carbocycles. The Labute approximate surface area is 46.9 Å². The van der Waals surface area contributed by atoms with Gasteiger partial charge in [-0.3, -0.25) is 0 Å². The summed E-state index contributed by atoms with van der Waals surface area (Å²) in [5.41, 5.74) is 1.12. The van der Waals surface area contributed by atoms with Gasteiger partial charge in [0.1, 0.15) is 0 Å². The minimum Gasteiger partial charge on any atom is -0.0692 e. The molecule has 0 bridgehead atoms. The molecule has 0 aromatic rings. The van der Waals surface area contributed by atoms with Crippen LogP contribution in [0.5, 0.6) is 0 Å². The van der Waals surface area contributed by atoms with Crippen molar-refractivity contribution in [3.63, 3.8) is 0 Å². The standard InChI is InChI=1S/C6H14Si/c1-6-4-5-7(6,2)3/h6H,4-5H2,1-3H3. The third kappa shape index (κ3) is 0.741. The summed E-state index contributed by atoms with van der Waals surface area (Å²) in [7, 11) is -0.554. The third-order valence-corrected chi connectivity index (χ3v) is 7.09. The van der Waals surface area contributed by atoms with Crippen molar-refractivity contribution in [3.05, 3.63) is 0 Å². The summed E-state index contributed by atoms with van der Waals surface area (Å²) >= 11 is 0. The first-order valence-electron chi connectivity index (χ1n) is 3.13. The maximum Gasteiger partial charge on any atom is 0.0502 e. The lowest BCUT2D eigenvalue weighted by Crippen LogP contribution is -2.39. The van der Waals surface area contributed by atoms with E-state index < -0.39 is 8.07 Å². The van der Waals surface area contributed by atoms with Crippen molar-refractivity contribution in [1.82, 2.24) is 0 Å². The predicted octanol–water partition coefficient (Wildman–Crippen LogP) is 2.49. The van der Waals surface area contributed by atoms with Crippen molar-refractivity contribution >= 4 is 8.07 Å². The van der Waals surface area contributed by atoms with Crippen LogP contribution in [0.1, 0.15) is 13.3 Å². The molecule has 0 nitrogen and oxygen atoms in total. The van der Waals surface area contributed by atoms with Crippen molar-refractivity contribution in [3.8, 4) is 0 Å². The summed E-state index contributed by atoms with van der Waals surface area (Å²) < 4.78 is 0. The Hall–Kier alpha value is 0.217. The van der Waals surface area contributed by atoms with E-state index in [-0.39, 0.29) is 0 Å². The first kappa shape index (κ1) is 5.36. The maximum atomic E-state index is 2.49. The van der Waals surface area contributed by atoms with E-state index in [1.165, 1.54) is 6.42 Å². The molecule has 1 fully saturated rings. The zero-order valence-electron chi connectivity index (χ0n) is 5.49. The van der Waals surface area contributed by atoms with Gasteiger partial charge in [0.05, 0.1) is 8.07 Å². The van der Waals surface area contributed by atoms with Gasteiger partial charge in [0.2, 0.25) is 0 Å². The molecule has 1 aliphatic rings. The van der Waals surface area contributed by atoms with Gasteiger partial charge in [-0.1, -0.05) is 32.5 Å². The number of rotatable bonds is 0. The average Bonchev–Trinajstić information content (AvgIpc) is 1.63. The molecule has 0 radical (unpaired) electrons. The molecule has 0 spiro atoms. The highest BCUT2D eigenvalue weighted by molar-refractivity contribution is 6.81. The van der Waals surface area contributed by atoms with Gasteiger partial charge in [-0.25, -0.2) is 0 Å². The summed E-state index contributed by atoms with van der Waals surface area (Å²) in [6.45, 7) is 7.37. The minimum absolute atomic E-state index is 0.554. The van der Waals surface area contributed by atoms with Crippen LogP contribution in [0.3, 0.4) is 0 Å². The Morgan fingerprint density at radius 2 is 1.86 bits per heavy atom. The molecule has 1 saturated heterocycles. The van der Waals surface area contributed by atoms with Gasteiger partial charge in [-0.15, -0.1) is 0 Å². The molecule has 0 aromatic heterocycles. The molecule has 0 amide bonds. The normalized spacial score (nSPS) is 37.3. The van der Waals surface area contributed by atoms with Crippen molar-refractivity contribution in [2.75, 3.05) is 0 Å². The molecule has 1 unspecified atom stereocenters. The lowest BCUT2D eigenvalue weighted by Gasteiger charge is -2.40. The fourth-order valence-electron chi connectivity index (χ4n) is 1.01. The monoisotopic (exact) mass is 114 g/mol. The van der Waals surface area contributed by atoms with Crippen LogP contribution in [0, 0.1) is 0 Å². The molecule has 0 aromatic carbocycles. The molecule has 7 heavy (non-hydrogen) atoms. The van der Waals surface area contributed by atoms with Gasteiger partial charge >= 0.3 is 0 Å². The Balaban J connectivity index is 2.43. The van der Waals surface area contributed by atoms with E-state index in [0.717, 1.165) is 5.54 Å². The first-order valence-corrected chi connectivity index (χ1v) is 6.41. The van der Waals surface area contributed by atoms with E-state index in [4.69, 9.17) is 0 Å². The Kier molecular flexibility index (Phi) is 1.03. The van der Waals surface area contributed by atoms with E-state index in [1.54, 1.807) is 6.04 Å². The quantitative estimate of drug-likeness (QED) is 0.424. The Morgan fingerprint density at radius 3 is 1.86 bits per heavy atom. The van der Waals surface area contributed by atoms with Crippen LogP contribution < -0.4 is 0 Å². The average molecular weight is 114 g/mol. The summed E-state index contributed by atoms with van der Waals surface area (Å²) in [5, 5.41) is 0. The van der Waals surface area contributed by atoms with Gasteiger partial charge in [-0.2, -0.15) is 0 Å². The molecule has 1 heteroatoms. The van der Waals surface area contributed by atoms with E-state index >= 15 is 0 Å². The molecule has 42 valence electrons. The zero-order valence-corrected chi connectivity index (χ0v) is 6.49. The molecule has 0 N–H and O–H groups in total. The van der Waals surface area contributed by atoms with E-state index in [0.29, 0.717) is 0 Å². The van der Waals surface area contributed by atoms with Crippen molar-refractivity contribution in [2.24, 2.45) is 0 Å². The number of hydrogen-bond acceptors (Lipinski definition) is 0. The lowest BCUT2D eigenvalue weighted by molar-refractivity contribution is 0.734. The maximum absolute atomic E-state index is 2.49. The van der Waals surface area contributed by atoms with Crippen molar-refractivity contribution in [1.29, 1.82) is 0 Å². The van der Waals surface area contributed by atoms with Crippen LogP contribution in [-0.2, 0) is 0 Å². The zero-order chi connectivity index (χ0) is 5.49.